The van der Waals surface area contributed by atoms with Crippen molar-refractivity contribution in [3.8, 4) is 0 Å². The smallest absolute Gasteiger partial charge is 0.342 e. The first kappa shape index (κ1) is 13.5. The largest absolute Gasteiger partial charge is 0.418 e. The molecule has 1 heterocycles. The van der Waals surface area contributed by atoms with Gasteiger partial charge in [-0.3, -0.25) is 0 Å². The predicted octanol–water partition coefficient (Wildman–Crippen LogP) is 4.94. The summed E-state index contributed by atoms with van der Waals surface area (Å²) in [7, 11) is 0. The summed E-state index contributed by atoms with van der Waals surface area (Å²) in [5.41, 5.74) is 0.524. The Balaban J connectivity index is 2.10. The number of rotatable bonds is 1. The van der Waals surface area contributed by atoms with Gasteiger partial charge in [-0.15, -0.1) is 0 Å². The summed E-state index contributed by atoms with van der Waals surface area (Å²) in [6, 6.07) is 2.91. The summed E-state index contributed by atoms with van der Waals surface area (Å²) >= 11 is 0. The summed E-state index contributed by atoms with van der Waals surface area (Å²) in [5, 5.41) is 0. The highest BCUT2D eigenvalue weighted by atomic mass is 19.4. The van der Waals surface area contributed by atoms with E-state index in [2.05, 4.69) is 9.97 Å². The molecule has 0 spiro atoms. The van der Waals surface area contributed by atoms with Crippen LogP contribution in [-0.2, 0) is 6.18 Å². The van der Waals surface area contributed by atoms with Crippen molar-refractivity contribution in [3.63, 3.8) is 0 Å². The molecule has 0 amide bonds. The van der Waals surface area contributed by atoms with E-state index in [1.165, 1.54) is 12.5 Å². The Morgan fingerprint density at radius 2 is 1.85 bits per heavy atom. The number of halogens is 3. The van der Waals surface area contributed by atoms with E-state index >= 15 is 0 Å². The van der Waals surface area contributed by atoms with Crippen LogP contribution in [0.5, 0.6) is 0 Å². The van der Waals surface area contributed by atoms with E-state index in [1.807, 2.05) is 0 Å². The summed E-state index contributed by atoms with van der Waals surface area (Å²) < 4.78 is 39.3. The Labute approximate surface area is 115 Å². The third kappa shape index (κ3) is 2.41. The first-order chi connectivity index (χ1) is 9.45. The average molecular weight is 282 g/mol. The Morgan fingerprint density at radius 1 is 1.15 bits per heavy atom. The molecule has 20 heavy (non-hydrogen) atoms. The minimum Gasteiger partial charge on any atom is -0.342 e. The number of aromatic amines is 1. The monoisotopic (exact) mass is 282 g/mol. The van der Waals surface area contributed by atoms with E-state index in [4.69, 9.17) is 0 Å². The van der Waals surface area contributed by atoms with E-state index in [0.29, 0.717) is 11.1 Å². The lowest BCUT2D eigenvalue weighted by atomic mass is 9.89. The van der Waals surface area contributed by atoms with Crippen LogP contribution in [0.4, 0.5) is 13.2 Å². The van der Waals surface area contributed by atoms with Crippen molar-refractivity contribution in [1.82, 2.24) is 9.97 Å². The summed E-state index contributed by atoms with van der Waals surface area (Å²) in [4.78, 5) is 7.38. The summed E-state index contributed by atoms with van der Waals surface area (Å²) in [6.07, 6.45) is 1.15. The lowest BCUT2D eigenvalue weighted by Crippen LogP contribution is -2.07. The van der Waals surface area contributed by atoms with Crippen LogP contribution in [0.3, 0.4) is 0 Å². The molecule has 0 unspecified atom stereocenters. The van der Waals surface area contributed by atoms with E-state index in [0.717, 1.165) is 31.5 Å². The second-order valence-corrected chi connectivity index (χ2v) is 5.66. The van der Waals surface area contributed by atoms with Crippen molar-refractivity contribution in [2.75, 3.05) is 0 Å². The second-order valence-electron chi connectivity index (χ2n) is 5.66. The zero-order chi connectivity index (χ0) is 14.3. The van der Waals surface area contributed by atoms with Crippen LogP contribution in [0.25, 0.3) is 11.0 Å². The molecule has 108 valence electrons. The number of aryl methyl sites for hydroxylation is 1. The Bertz CT molecular complexity index is 622. The van der Waals surface area contributed by atoms with Gasteiger partial charge in [0.25, 0.3) is 0 Å². The molecule has 0 bridgehead atoms. The zero-order valence-electron chi connectivity index (χ0n) is 11.3. The van der Waals surface area contributed by atoms with Crippen LogP contribution >= 0.6 is 0 Å². The van der Waals surface area contributed by atoms with Crippen molar-refractivity contribution in [2.24, 2.45) is 0 Å². The minimum absolute atomic E-state index is 0.0590. The fourth-order valence-corrected chi connectivity index (χ4v) is 3.07. The Kier molecular flexibility index (Phi) is 3.22. The number of fused-ring (bicyclic) bond motifs is 1. The third-order valence-electron chi connectivity index (χ3n) is 4.05. The van der Waals surface area contributed by atoms with Gasteiger partial charge in [-0.2, -0.15) is 13.2 Å². The lowest BCUT2D eigenvalue weighted by molar-refractivity contribution is -0.136. The molecule has 0 saturated heterocycles. The standard InChI is InChI=1S/C15H17F3N2/c1-9-7-11(15(16,17)18)13-12(8-9)19-14(20-13)10-5-3-2-4-6-10/h7-8,10H,2-6H2,1H3,(H,19,20). The third-order valence-corrected chi connectivity index (χ3v) is 4.05. The Hall–Kier alpha value is -1.52. The molecule has 1 aliphatic rings. The van der Waals surface area contributed by atoms with Gasteiger partial charge in [-0.1, -0.05) is 19.3 Å². The highest BCUT2D eigenvalue weighted by Crippen LogP contribution is 2.37. The van der Waals surface area contributed by atoms with Gasteiger partial charge in [0.1, 0.15) is 11.3 Å². The molecule has 1 aliphatic carbocycles. The molecule has 3 rings (SSSR count). The van der Waals surface area contributed by atoms with Crippen molar-refractivity contribution < 1.29 is 13.2 Å². The number of benzene rings is 1. The molecule has 2 nitrogen and oxygen atoms in total. The molecule has 0 aliphatic heterocycles. The van der Waals surface area contributed by atoms with Crippen LogP contribution in [-0.4, -0.2) is 9.97 Å². The number of hydrogen-bond acceptors (Lipinski definition) is 1. The van der Waals surface area contributed by atoms with Crippen LogP contribution in [0.1, 0.15) is 55.0 Å². The number of H-pyrrole nitrogens is 1. The highest BCUT2D eigenvalue weighted by molar-refractivity contribution is 5.80. The minimum atomic E-state index is -4.36. The van der Waals surface area contributed by atoms with Gasteiger partial charge in [-0.25, -0.2) is 4.98 Å². The summed E-state index contributed by atoms with van der Waals surface area (Å²) in [5.74, 6) is 0.994. The molecule has 0 atom stereocenters. The lowest BCUT2D eigenvalue weighted by Gasteiger charge is -2.19. The van der Waals surface area contributed by atoms with Gasteiger partial charge in [0.2, 0.25) is 0 Å². The molecule has 5 heteroatoms. The molecular formula is C15H17F3N2. The van der Waals surface area contributed by atoms with E-state index < -0.39 is 11.7 Å². The number of hydrogen-bond donors (Lipinski definition) is 1. The van der Waals surface area contributed by atoms with Crippen molar-refractivity contribution >= 4 is 11.0 Å². The maximum absolute atomic E-state index is 13.1. The number of alkyl halides is 3. The van der Waals surface area contributed by atoms with Gasteiger partial charge in [0.05, 0.1) is 11.1 Å². The quantitative estimate of drug-likeness (QED) is 0.788. The first-order valence-electron chi connectivity index (χ1n) is 7.02. The topological polar surface area (TPSA) is 28.7 Å². The van der Waals surface area contributed by atoms with Crippen LogP contribution in [0.2, 0.25) is 0 Å². The normalized spacial score (nSPS) is 17.8. The fourth-order valence-electron chi connectivity index (χ4n) is 3.07. The summed E-state index contributed by atoms with van der Waals surface area (Å²) in [6.45, 7) is 1.68. The fraction of sp³-hybridized carbons (Fsp3) is 0.533. The first-order valence-corrected chi connectivity index (χ1v) is 7.02. The average Bonchev–Trinajstić information content (AvgIpc) is 2.81. The van der Waals surface area contributed by atoms with Crippen molar-refractivity contribution in [2.45, 2.75) is 51.1 Å². The molecule has 1 aromatic heterocycles. The number of imidazole rings is 1. The SMILES string of the molecule is Cc1cc(C(F)(F)F)c2nc(C3CCCCC3)[nH]c2c1. The molecule has 0 radical (unpaired) electrons. The van der Waals surface area contributed by atoms with E-state index in [9.17, 15) is 13.2 Å². The second kappa shape index (κ2) is 4.79. The highest BCUT2D eigenvalue weighted by Gasteiger charge is 2.34. The predicted molar refractivity (Wildman–Crippen MR) is 71.7 cm³/mol. The maximum Gasteiger partial charge on any atom is 0.418 e. The van der Waals surface area contributed by atoms with Crippen molar-refractivity contribution in [1.29, 1.82) is 0 Å². The maximum atomic E-state index is 13.1. The van der Waals surface area contributed by atoms with Gasteiger partial charge < -0.3 is 4.98 Å². The molecule has 1 saturated carbocycles. The molecule has 2 aromatic rings. The Morgan fingerprint density at radius 3 is 2.50 bits per heavy atom. The van der Waals surface area contributed by atoms with Crippen LogP contribution in [0.15, 0.2) is 12.1 Å². The van der Waals surface area contributed by atoms with Gasteiger partial charge in [0, 0.05) is 5.92 Å². The van der Waals surface area contributed by atoms with Crippen LogP contribution < -0.4 is 0 Å². The van der Waals surface area contributed by atoms with Crippen molar-refractivity contribution in [3.05, 3.63) is 29.1 Å². The van der Waals surface area contributed by atoms with Gasteiger partial charge in [0.15, 0.2) is 0 Å². The number of nitrogens with zero attached hydrogens (tertiary/aromatic N) is 1. The zero-order valence-corrected chi connectivity index (χ0v) is 11.3. The van der Waals surface area contributed by atoms with E-state index in [1.54, 1.807) is 13.0 Å². The van der Waals surface area contributed by atoms with Gasteiger partial charge >= 0.3 is 6.18 Å². The number of aromatic nitrogens is 2. The molecule has 1 fully saturated rings. The molecular weight excluding hydrogens is 265 g/mol. The number of nitrogens with one attached hydrogen (secondary N) is 1. The molecule has 1 N–H and O–H groups in total. The van der Waals surface area contributed by atoms with Gasteiger partial charge in [-0.05, 0) is 37.5 Å². The van der Waals surface area contributed by atoms with Crippen LogP contribution in [0, 0.1) is 6.92 Å². The van der Waals surface area contributed by atoms with E-state index in [-0.39, 0.29) is 11.4 Å². The molecule has 1 aromatic carbocycles.